The molecule has 2 aliphatic rings. The molecule has 3 rings (SSSR count). The molecular formula is C19H30N2. The zero-order chi connectivity index (χ0) is 14.7. The van der Waals surface area contributed by atoms with Crippen molar-refractivity contribution in [3.05, 3.63) is 35.9 Å². The topological polar surface area (TPSA) is 15.3 Å². The second-order valence-electron chi connectivity index (χ2n) is 7.28. The first-order valence-electron chi connectivity index (χ1n) is 8.74. The van der Waals surface area contributed by atoms with Gasteiger partial charge in [0.2, 0.25) is 0 Å². The summed E-state index contributed by atoms with van der Waals surface area (Å²) in [4.78, 5) is 2.60. The van der Waals surface area contributed by atoms with Crippen LogP contribution in [0.3, 0.4) is 0 Å². The second-order valence-corrected chi connectivity index (χ2v) is 7.28. The highest BCUT2D eigenvalue weighted by molar-refractivity contribution is 5.14. The van der Waals surface area contributed by atoms with Crippen molar-refractivity contribution in [2.45, 2.75) is 58.2 Å². The molecule has 1 heterocycles. The molecule has 1 saturated carbocycles. The van der Waals surface area contributed by atoms with Crippen molar-refractivity contribution in [1.29, 1.82) is 0 Å². The Morgan fingerprint density at radius 1 is 1.05 bits per heavy atom. The molecule has 2 heteroatoms. The standard InChI is InChI=1S/C19H30N2/c1-15-7-6-8-16(2)19(15)20-18-11-12-21(14-18)13-17-9-4-3-5-10-17/h3-5,9-10,15-16,18-20H,6-8,11-14H2,1-2H3. The van der Waals surface area contributed by atoms with E-state index in [1.807, 2.05) is 0 Å². The lowest BCUT2D eigenvalue weighted by atomic mass is 9.78. The molecule has 1 aromatic rings. The van der Waals surface area contributed by atoms with Crippen LogP contribution in [0.5, 0.6) is 0 Å². The molecule has 116 valence electrons. The summed E-state index contributed by atoms with van der Waals surface area (Å²) in [6.45, 7) is 8.43. The molecule has 2 fully saturated rings. The van der Waals surface area contributed by atoms with Gasteiger partial charge >= 0.3 is 0 Å². The van der Waals surface area contributed by atoms with Gasteiger partial charge in [0.15, 0.2) is 0 Å². The van der Waals surface area contributed by atoms with Crippen LogP contribution in [-0.2, 0) is 6.54 Å². The quantitative estimate of drug-likeness (QED) is 0.908. The summed E-state index contributed by atoms with van der Waals surface area (Å²) in [5.74, 6) is 1.69. The zero-order valence-electron chi connectivity index (χ0n) is 13.6. The van der Waals surface area contributed by atoms with Gasteiger partial charge in [-0.1, -0.05) is 50.6 Å². The second kappa shape index (κ2) is 6.93. The molecule has 1 aliphatic carbocycles. The van der Waals surface area contributed by atoms with Crippen molar-refractivity contribution in [2.75, 3.05) is 13.1 Å². The third kappa shape index (κ3) is 3.87. The number of nitrogens with one attached hydrogen (secondary N) is 1. The van der Waals surface area contributed by atoms with Crippen LogP contribution in [0, 0.1) is 11.8 Å². The molecule has 0 aromatic heterocycles. The van der Waals surface area contributed by atoms with Crippen molar-refractivity contribution in [3.8, 4) is 0 Å². The Balaban J connectivity index is 1.50. The van der Waals surface area contributed by atoms with E-state index in [9.17, 15) is 0 Å². The molecule has 0 spiro atoms. The van der Waals surface area contributed by atoms with Gasteiger partial charge in [0, 0.05) is 31.7 Å². The van der Waals surface area contributed by atoms with Gasteiger partial charge in [-0.2, -0.15) is 0 Å². The predicted molar refractivity (Wildman–Crippen MR) is 89.2 cm³/mol. The molecule has 3 unspecified atom stereocenters. The fourth-order valence-corrected chi connectivity index (χ4v) is 4.24. The summed E-state index contributed by atoms with van der Waals surface area (Å²) in [6.07, 6.45) is 5.54. The van der Waals surface area contributed by atoms with E-state index in [0.29, 0.717) is 6.04 Å². The molecular weight excluding hydrogens is 256 g/mol. The molecule has 1 aliphatic heterocycles. The maximum atomic E-state index is 3.99. The number of hydrogen-bond donors (Lipinski definition) is 1. The van der Waals surface area contributed by atoms with E-state index in [1.54, 1.807) is 0 Å². The van der Waals surface area contributed by atoms with Crippen molar-refractivity contribution in [3.63, 3.8) is 0 Å². The van der Waals surface area contributed by atoms with E-state index < -0.39 is 0 Å². The predicted octanol–water partition coefficient (Wildman–Crippen LogP) is 3.68. The van der Waals surface area contributed by atoms with E-state index in [1.165, 1.54) is 44.3 Å². The van der Waals surface area contributed by atoms with E-state index >= 15 is 0 Å². The first kappa shape index (κ1) is 15.1. The third-order valence-corrected chi connectivity index (χ3v) is 5.49. The van der Waals surface area contributed by atoms with Gasteiger partial charge in [0.05, 0.1) is 0 Å². The molecule has 0 bridgehead atoms. The number of rotatable bonds is 4. The Morgan fingerprint density at radius 2 is 1.76 bits per heavy atom. The number of hydrogen-bond acceptors (Lipinski definition) is 2. The first-order valence-corrected chi connectivity index (χ1v) is 8.74. The minimum absolute atomic E-state index is 0.696. The Bertz CT molecular complexity index is 420. The monoisotopic (exact) mass is 286 g/mol. The maximum absolute atomic E-state index is 3.99. The van der Waals surface area contributed by atoms with Crippen molar-refractivity contribution in [1.82, 2.24) is 10.2 Å². The lowest BCUT2D eigenvalue weighted by molar-refractivity contribution is 0.191. The van der Waals surface area contributed by atoms with Crippen molar-refractivity contribution < 1.29 is 0 Å². The van der Waals surface area contributed by atoms with Crippen LogP contribution in [0.25, 0.3) is 0 Å². The van der Waals surface area contributed by atoms with Gasteiger partial charge < -0.3 is 5.32 Å². The highest BCUT2D eigenvalue weighted by Crippen LogP contribution is 2.30. The van der Waals surface area contributed by atoms with Crippen LogP contribution < -0.4 is 5.32 Å². The van der Waals surface area contributed by atoms with E-state index in [4.69, 9.17) is 0 Å². The molecule has 3 atom stereocenters. The van der Waals surface area contributed by atoms with Crippen LogP contribution in [0.1, 0.15) is 45.1 Å². The normalized spacial score (nSPS) is 34.2. The van der Waals surface area contributed by atoms with Gasteiger partial charge in [-0.15, -0.1) is 0 Å². The van der Waals surface area contributed by atoms with Crippen molar-refractivity contribution in [2.24, 2.45) is 11.8 Å². The van der Waals surface area contributed by atoms with E-state index in [-0.39, 0.29) is 0 Å². The Hall–Kier alpha value is -0.860. The Labute approximate surface area is 129 Å². The minimum atomic E-state index is 0.696. The summed E-state index contributed by atoms with van der Waals surface area (Å²) in [6, 6.07) is 12.3. The number of likely N-dealkylation sites (tertiary alicyclic amines) is 1. The molecule has 1 N–H and O–H groups in total. The van der Waals surface area contributed by atoms with Gasteiger partial charge in [-0.3, -0.25) is 4.90 Å². The molecule has 2 nitrogen and oxygen atoms in total. The summed E-state index contributed by atoms with van der Waals surface area (Å²) in [5.41, 5.74) is 1.44. The van der Waals surface area contributed by atoms with Gasteiger partial charge in [0.25, 0.3) is 0 Å². The van der Waals surface area contributed by atoms with Gasteiger partial charge in [0.1, 0.15) is 0 Å². The van der Waals surface area contributed by atoms with Gasteiger partial charge in [-0.25, -0.2) is 0 Å². The Kier molecular flexibility index (Phi) is 4.97. The number of nitrogens with zero attached hydrogens (tertiary/aromatic N) is 1. The molecule has 1 aromatic carbocycles. The Morgan fingerprint density at radius 3 is 2.48 bits per heavy atom. The van der Waals surface area contributed by atoms with Crippen LogP contribution >= 0.6 is 0 Å². The number of benzene rings is 1. The lowest BCUT2D eigenvalue weighted by Crippen LogP contribution is -2.48. The maximum Gasteiger partial charge on any atom is 0.0234 e. The zero-order valence-corrected chi connectivity index (χ0v) is 13.6. The van der Waals surface area contributed by atoms with Crippen LogP contribution in [0.2, 0.25) is 0 Å². The summed E-state index contributed by atoms with van der Waals surface area (Å²) in [7, 11) is 0. The smallest absolute Gasteiger partial charge is 0.0234 e. The molecule has 1 saturated heterocycles. The summed E-state index contributed by atoms with van der Waals surface area (Å²) >= 11 is 0. The largest absolute Gasteiger partial charge is 0.309 e. The molecule has 0 radical (unpaired) electrons. The van der Waals surface area contributed by atoms with Crippen LogP contribution in [0.15, 0.2) is 30.3 Å². The highest BCUT2D eigenvalue weighted by Gasteiger charge is 2.31. The SMILES string of the molecule is CC1CCCC(C)C1NC1CCN(Cc2ccccc2)C1. The molecule has 0 amide bonds. The lowest BCUT2D eigenvalue weighted by Gasteiger charge is -2.37. The summed E-state index contributed by atoms with van der Waals surface area (Å²) in [5, 5.41) is 3.99. The first-order chi connectivity index (χ1) is 10.2. The average molecular weight is 286 g/mol. The average Bonchev–Trinajstić information content (AvgIpc) is 2.91. The van der Waals surface area contributed by atoms with Gasteiger partial charge in [-0.05, 0) is 36.7 Å². The fourth-order valence-electron chi connectivity index (χ4n) is 4.24. The molecule has 21 heavy (non-hydrogen) atoms. The summed E-state index contributed by atoms with van der Waals surface area (Å²) < 4.78 is 0. The van der Waals surface area contributed by atoms with E-state index in [2.05, 4.69) is 54.4 Å². The van der Waals surface area contributed by atoms with Crippen LogP contribution in [0.4, 0.5) is 0 Å². The van der Waals surface area contributed by atoms with Crippen molar-refractivity contribution >= 4 is 0 Å². The fraction of sp³-hybridized carbons (Fsp3) is 0.684. The third-order valence-electron chi connectivity index (χ3n) is 5.49. The highest BCUT2D eigenvalue weighted by atomic mass is 15.2. The minimum Gasteiger partial charge on any atom is -0.309 e. The van der Waals surface area contributed by atoms with E-state index in [0.717, 1.165) is 24.4 Å². The van der Waals surface area contributed by atoms with Crippen LogP contribution in [-0.4, -0.2) is 30.1 Å².